The van der Waals surface area contributed by atoms with Gasteiger partial charge in [0.1, 0.15) is 17.1 Å². The minimum absolute atomic E-state index is 0.00174. The highest BCUT2D eigenvalue weighted by Crippen LogP contribution is 2.44. The van der Waals surface area contributed by atoms with E-state index in [2.05, 4.69) is 5.32 Å². The van der Waals surface area contributed by atoms with Gasteiger partial charge >= 0.3 is 0 Å². The fourth-order valence-electron chi connectivity index (χ4n) is 4.45. The maximum absolute atomic E-state index is 11.9. The van der Waals surface area contributed by atoms with E-state index in [9.17, 15) is 29.8 Å². The Labute approximate surface area is 212 Å². The predicted molar refractivity (Wildman–Crippen MR) is 134 cm³/mol. The molecule has 2 amide bonds. The van der Waals surface area contributed by atoms with Crippen LogP contribution in [-0.2, 0) is 12.8 Å². The van der Waals surface area contributed by atoms with Crippen LogP contribution >= 0.6 is 0 Å². The van der Waals surface area contributed by atoms with E-state index in [1.807, 2.05) is 13.8 Å². The maximum Gasteiger partial charge on any atom is 0.296 e. The molecule has 0 radical (unpaired) electrons. The van der Waals surface area contributed by atoms with E-state index in [0.29, 0.717) is 55.5 Å². The molecule has 2 aromatic rings. The van der Waals surface area contributed by atoms with Crippen LogP contribution in [0.3, 0.4) is 0 Å². The molecule has 13 nitrogen and oxygen atoms in total. The predicted octanol–water partition coefficient (Wildman–Crippen LogP) is 3.25. The van der Waals surface area contributed by atoms with E-state index in [1.165, 1.54) is 19.2 Å². The summed E-state index contributed by atoms with van der Waals surface area (Å²) < 4.78 is 11.1. The summed E-state index contributed by atoms with van der Waals surface area (Å²) >= 11 is 0. The van der Waals surface area contributed by atoms with Crippen molar-refractivity contribution in [1.82, 2.24) is 0 Å². The van der Waals surface area contributed by atoms with E-state index >= 15 is 0 Å². The summed E-state index contributed by atoms with van der Waals surface area (Å²) in [6, 6.07) is 3.60. The molecular formula is C24H29N5O8. The molecule has 13 heteroatoms. The number of nitro groups is 2. The SMILES string of the molecule is COc1cc(C(N)=O)cc([N+](=O)[O-])c1NCCCCCc1c([N+](=O)[O-])cc(C(N)=O)c2c1CC(C)(C)O2. The molecule has 2 aromatic carbocycles. The number of rotatable bonds is 12. The van der Waals surface area contributed by atoms with Crippen molar-refractivity contribution in [2.24, 2.45) is 11.5 Å². The molecule has 0 atom stereocenters. The third kappa shape index (κ3) is 5.88. The van der Waals surface area contributed by atoms with Crippen molar-refractivity contribution < 1.29 is 28.9 Å². The van der Waals surface area contributed by atoms with Gasteiger partial charge < -0.3 is 26.3 Å². The second kappa shape index (κ2) is 10.7. The van der Waals surface area contributed by atoms with Gasteiger partial charge in [-0.25, -0.2) is 0 Å². The number of anilines is 1. The highest BCUT2D eigenvalue weighted by molar-refractivity contribution is 5.97. The Hall–Kier alpha value is -4.42. The normalized spacial score (nSPS) is 13.4. The minimum atomic E-state index is -0.814. The molecule has 1 heterocycles. The van der Waals surface area contributed by atoms with Crippen LogP contribution in [0.5, 0.6) is 11.5 Å². The summed E-state index contributed by atoms with van der Waals surface area (Å²) in [7, 11) is 1.33. The minimum Gasteiger partial charge on any atom is -0.494 e. The maximum atomic E-state index is 11.9. The Bertz CT molecular complexity index is 1270. The Morgan fingerprint density at radius 1 is 1.05 bits per heavy atom. The monoisotopic (exact) mass is 515 g/mol. The Morgan fingerprint density at radius 2 is 1.73 bits per heavy atom. The summed E-state index contributed by atoms with van der Waals surface area (Å²) in [4.78, 5) is 45.5. The zero-order valence-corrected chi connectivity index (χ0v) is 20.8. The number of benzene rings is 2. The molecule has 198 valence electrons. The number of carbonyl (C=O) groups excluding carboxylic acids is 2. The van der Waals surface area contributed by atoms with Crippen LogP contribution in [-0.4, -0.2) is 40.9 Å². The van der Waals surface area contributed by atoms with Gasteiger partial charge in [-0.2, -0.15) is 0 Å². The number of amides is 2. The number of hydrogen-bond acceptors (Lipinski definition) is 9. The Balaban J connectivity index is 1.71. The molecule has 0 saturated carbocycles. The van der Waals surface area contributed by atoms with Gasteiger partial charge in [0.05, 0.1) is 22.5 Å². The number of nitrogens with one attached hydrogen (secondary N) is 1. The summed E-state index contributed by atoms with van der Waals surface area (Å²) in [6.45, 7) is 4.02. The van der Waals surface area contributed by atoms with Gasteiger partial charge in [-0.05, 0) is 39.2 Å². The van der Waals surface area contributed by atoms with Crippen LogP contribution in [0.4, 0.5) is 17.1 Å². The molecule has 0 bridgehead atoms. The second-order valence-electron chi connectivity index (χ2n) is 9.32. The second-order valence-corrected chi connectivity index (χ2v) is 9.32. The molecule has 0 aromatic heterocycles. The number of methoxy groups -OCH3 is 1. The van der Waals surface area contributed by atoms with Gasteiger partial charge in [0.25, 0.3) is 17.3 Å². The molecule has 0 fully saturated rings. The fourth-order valence-corrected chi connectivity index (χ4v) is 4.45. The molecule has 0 unspecified atom stereocenters. The molecule has 3 rings (SSSR count). The summed E-state index contributed by atoms with van der Waals surface area (Å²) in [5, 5.41) is 26.3. The van der Waals surface area contributed by atoms with Gasteiger partial charge in [-0.3, -0.25) is 29.8 Å². The third-order valence-corrected chi connectivity index (χ3v) is 6.10. The van der Waals surface area contributed by atoms with Gasteiger partial charge in [0.2, 0.25) is 5.91 Å². The first-order valence-corrected chi connectivity index (χ1v) is 11.6. The number of nitrogens with zero attached hydrogens (tertiary/aromatic N) is 2. The van der Waals surface area contributed by atoms with Crippen LogP contribution in [0.2, 0.25) is 0 Å². The van der Waals surface area contributed by atoms with Crippen LogP contribution in [0.15, 0.2) is 18.2 Å². The lowest BCUT2D eigenvalue weighted by atomic mass is 9.91. The van der Waals surface area contributed by atoms with Crippen molar-refractivity contribution >= 4 is 28.9 Å². The number of ether oxygens (including phenoxy) is 2. The summed E-state index contributed by atoms with van der Waals surface area (Å²) in [6.07, 6.45) is 2.62. The lowest BCUT2D eigenvalue weighted by molar-refractivity contribution is -0.385. The summed E-state index contributed by atoms with van der Waals surface area (Å²) in [5.74, 6) is -1.18. The number of fused-ring (bicyclic) bond motifs is 1. The van der Waals surface area contributed by atoms with Crippen LogP contribution in [0.25, 0.3) is 0 Å². The van der Waals surface area contributed by atoms with Gasteiger partial charge in [0, 0.05) is 41.8 Å². The largest absolute Gasteiger partial charge is 0.494 e. The molecule has 0 spiro atoms. The number of carbonyl (C=O) groups is 2. The van der Waals surface area contributed by atoms with Gasteiger partial charge in [-0.15, -0.1) is 0 Å². The molecular weight excluding hydrogens is 486 g/mol. The Kier molecular flexibility index (Phi) is 7.84. The van der Waals surface area contributed by atoms with E-state index in [1.54, 1.807) is 0 Å². The molecule has 1 aliphatic rings. The van der Waals surface area contributed by atoms with Crippen molar-refractivity contribution in [3.8, 4) is 11.5 Å². The Morgan fingerprint density at radius 3 is 2.30 bits per heavy atom. The quantitative estimate of drug-likeness (QED) is 0.215. The first-order valence-electron chi connectivity index (χ1n) is 11.6. The number of unbranched alkanes of at least 4 members (excludes halogenated alkanes) is 2. The summed E-state index contributed by atoms with van der Waals surface area (Å²) in [5.41, 5.74) is 10.8. The standard InChI is InChI=1S/C24H29N5O8/c1-24(2)12-16-14(17(28(32)33)11-15(23(26)31)21(16)37-24)7-5-4-6-8-27-20-18(29(34)35)9-13(22(25)30)10-19(20)36-3/h9-11,27H,4-8,12H2,1-3H3,(H2,25,30)(H2,26,31). The number of hydrogen-bond donors (Lipinski definition) is 3. The average molecular weight is 516 g/mol. The van der Waals surface area contributed by atoms with Crippen molar-refractivity contribution in [1.29, 1.82) is 0 Å². The molecule has 1 aliphatic heterocycles. The third-order valence-electron chi connectivity index (χ3n) is 6.10. The zero-order chi connectivity index (χ0) is 27.5. The number of nitro benzene ring substituents is 2. The van der Waals surface area contributed by atoms with E-state index in [4.69, 9.17) is 20.9 Å². The first-order chi connectivity index (χ1) is 17.4. The highest BCUT2D eigenvalue weighted by atomic mass is 16.6. The van der Waals surface area contributed by atoms with Crippen molar-refractivity contribution in [2.45, 2.75) is 51.6 Å². The molecule has 37 heavy (non-hydrogen) atoms. The van der Waals surface area contributed by atoms with Crippen molar-refractivity contribution in [3.63, 3.8) is 0 Å². The van der Waals surface area contributed by atoms with Crippen molar-refractivity contribution in [2.75, 3.05) is 19.0 Å². The highest BCUT2D eigenvalue weighted by Gasteiger charge is 2.38. The number of nitrogens with two attached hydrogens (primary N) is 2. The van der Waals surface area contributed by atoms with E-state index < -0.39 is 27.3 Å². The lowest BCUT2D eigenvalue weighted by Gasteiger charge is -2.17. The molecule has 0 aliphatic carbocycles. The van der Waals surface area contributed by atoms with Gasteiger partial charge in [0.15, 0.2) is 5.69 Å². The zero-order valence-electron chi connectivity index (χ0n) is 20.8. The fraction of sp³-hybridized carbons (Fsp3) is 0.417. The van der Waals surface area contributed by atoms with Crippen LogP contribution in [0, 0.1) is 20.2 Å². The van der Waals surface area contributed by atoms with E-state index in [0.717, 1.165) is 6.07 Å². The lowest BCUT2D eigenvalue weighted by Crippen LogP contribution is -2.25. The van der Waals surface area contributed by atoms with Gasteiger partial charge in [-0.1, -0.05) is 6.42 Å². The average Bonchev–Trinajstić information content (AvgIpc) is 3.14. The smallest absolute Gasteiger partial charge is 0.296 e. The van der Waals surface area contributed by atoms with Crippen LogP contribution in [0.1, 0.15) is 65.0 Å². The first kappa shape index (κ1) is 27.2. The van der Waals surface area contributed by atoms with Crippen LogP contribution < -0.4 is 26.3 Å². The van der Waals surface area contributed by atoms with Crippen molar-refractivity contribution in [3.05, 3.63) is 60.7 Å². The van der Waals surface area contributed by atoms with E-state index in [-0.39, 0.29) is 33.9 Å². The number of primary amides is 2. The molecule has 5 N–H and O–H groups in total. The topological polar surface area (TPSA) is 203 Å². The molecule has 0 saturated heterocycles.